The van der Waals surface area contributed by atoms with Gasteiger partial charge >= 0.3 is 5.97 Å². The first kappa shape index (κ1) is 17.9. The maximum atomic E-state index is 11.2. The summed E-state index contributed by atoms with van der Waals surface area (Å²) in [6.45, 7) is 1.04. The second-order valence-corrected chi connectivity index (χ2v) is 6.52. The van der Waals surface area contributed by atoms with E-state index in [1.165, 1.54) is 0 Å². The van der Waals surface area contributed by atoms with Gasteiger partial charge in [-0.1, -0.05) is 39.1 Å². The predicted molar refractivity (Wildman–Crippen MR) is 96.2 cm³/mol. The molecular formula is C16H14BrCl2NO3. The minimum atomic E-state index is -0.974. The van der Waals surface area contributed by atoms with Crippen LogP contribution in [-0.2, 0) is 0 Å². The Bertz CT molecular complexity index is 689. The molecular weight excluding hydrogens is 405 g/mol. The SMILES string of the molecule is O=C(O)c1cc(Br)ccc1NCCCOc1cc(Cl)cc(Cl)c1. The number of hydrogen-bond donors (Lipinski definition) is 2. The van der Waals surface area contributed by atoms with Crippen molar-refractivity contribution in [3.05, 3.63) is 56.5 Å². The smallest absolute Gasteiger partial charge is 0.337 e. The first-order valence-corrected chi connectivity index (χ1v) is 8.36. The van der Waals surface area contributed by atoms with Crippen LogP contribution in [0.15, 0.2) is 40.9 Å². The summed E-state index contributed by atoms with van der Waals surface area (Å²) in [6.07, 6.45) is 0.694. The van der Waals surface area contributed by atoms with Crippen molar-refractivity contribution in [3.63, 3.8) is 0 Å². The first-order chi connectivity index (χ1) is 11.0. The van der Waals surface area contributed by atoms with Gasteiger partial charge in [0.1, 0.15) is 5.75 Å². The molecule has 2 rings (SSSR count). The summed E-state index contributed by atoms with van der Waals surface area (Å²) in [5.74, 6) is -0.365. The van der Waals surface area contributed by atoms with Gasteiger partial charge in [-0.25, -0.2) is 4.79 Å². The summed E-state index contributed by atoms with van der Waals surface area (Å²) >= 11 is 15.1. The Hall–Kier alpha value is -1.43. The lowest BCUT2D eigenvalue weighted by molar-refractivity contribution is 0.0698. The lowest BCUT2D eigenvalue weighted by Crippen LogP contribution is -2.10. The van der Waals surface area contributed by atoms with Gasteiger partial charge in [0.15, 0.2) is 0 Å². The first-order valence-electron chi connectivity index (χ1n) is 6.81. The lowest BCUT2D eigenvalue weighted by Gasteiger charge is -2.11. The minimum Gasteiger partial charge on any atom is -0.493 e. The van der Waals surface area contributed by atoms with Crippen molar-refractivity contribution in [1.29, 1.82) is 0 Å². The van der Waals surface area contributed by atoms with Gasteiger partial charge in [-0.05, 0) is 42.8 Å². The fourth-order valence-corrected chi connectivity index (χ4v) is 2.81. The third-order valence-electron chi connectivity index (χ3n) is 2.95. The van der Waals surface area contributed by atoms with E-state index in [1.54, 1.807) is 36.4 Å². The largest absolute Gasteiger partial charge is 0.493 e. The van der Waals surface area contributed by atoms with Crippen LogP contribution in [0.25, 0.3) is 0 Å². The van der Waals surface area contributed by atoms with Gasteiger partial charge < -0.3 is 15.2 Å². The molecule has 0 fully saturated rings. The molecule has 4 nitrogen and oxygen atoms in total. The molecule has 0 saturated heterocycles. The number of nitrogens with one attached hydrogen (secondary N) is 1. The Labute approximate surface area is 152 Å². The van der Waals surface area contributed by atoms with E-state index >= 15 is 0 Å². The number of benzene rings is 2. The standard InChI is InChI=1S/C16H14BrCl2NO3/c17-10-2-3-15(14(6-10)16(21)22)20-4-1-5-23-13-8-11(18)7-12(19)9-13/h2-3,6-9,20H,1,4-5H2,(H,21,22). The highest BCUT2D eigenvalue weighted by molar-refractivity contribution is 9.10. The fraction of sp³-hybridized carbons (Fsp3) is 0.188. The second kappa shape index (κ2) is 8.43. The molecule has 0 aromatic heterocycles. The normalized spacial score (nSPS) is 10.4. The average Bonchev–Trinajstić information content (AvgIpc) is 2.47. The van der Waals surface area contributed by atoms with Crippen LogP contribution in [0.2, 0.25) is 10.0 Å². The number of anilines is 1. The summed E-state index contributed by atoms with van der Waals surface area (Å²) in [5.41, 5.74) is 0.799. The predicted octanol–water partition coefficient (Wildman–Crippen LogP) is 5.34. The molecule has 0 aliphatic heterocycles. The molecule has 0 radical (unpaired) electrons. The average molecular weight is 419 g/mol. The summed E-state index contributed by atoms with van der Waals surface area (Å²) in [4.78, 5) is 11.2. The van der Waals surface area contributed by atoms with Crippen LogP contribution in [0.3, 0.4) is 0 Å². The highest BCUT2D eigenvalue weighted by Crippen LogP contribution is 2.24. The Morgan fingerprint density at radius 2 is 1.87 bits per heavy atom. The highest BCUT2D eigenvalue weighted by Gasteiger charge is 2.10. The van der Waals surface area contributed by atoms with Crippen molar-refractivity contribution in [3.8, 4) is 5.75 Å². The van der Waals surface area contributed by atoms with Gasteiger partial charge in [0, 0.05) is 26.8 Å². The molecule has 0 bridgehead atoms. The van der Waals surface area contributed by atoms with E-state index in [1.807, 2.05) is 0 Å². The van der Waals surface area contributed by atoms with E-state index in [0.717, 1.165) is 4.47 Å². The number of aromatic carboxylic acids is 1. The maximum Gasteiger partial charge on any atom is 0.337 e. The molecule has 0 spiro atoms. The van der Waals surface area contributed by atoms with E-state index < -0.39 is 5.97 Å². The van der Waals surface area contributed by atoms with E-state index in [2.05, 4.69) is 21.2 Å². The Morgan fingerprint density at radius 3 is 2.52 bits per heavy atom. The summed E-state index contributed by atoms with van der Waals surface area (Å²) < 4.78 is 6.29. The zero-order chi connectivity index (χ0) is 16.8. The zero-order valence-electron chi connectivity index (χ0n) is 12.0. The maximum absolute atomic E-state index is 11.2. The van der Waals surface area contributed by atoms with Crippen molar-refractivity contribution in [2.24, 2.45) is 0 Å². The molecule has 2 N–H and O–H groups in total. The van der Waals surface area contributed by atoms with Gasteiger partial charge in [0.2, 0.25) is 0 Å². The molecule has 7 heteroatoms. The van der Waals surface area contributed by atoms with E-state index in [0.29, 0.717) is 41.1 Å². The number of carboxylic acid groups (broad SMARTS) is 1. The number of rotatable bonds is 7. The van der Waals surface area contributed by atoms with Crippen molar-refractivity contribution >= 4 is 50.8 Å². The van der Waals surface area contributed by atoms with Crippen LogP contribution < -0.4 is 10.1 Å². The van der Waals surface area contributed by atoms with Crippen molar-refractivity contribution < 1.29 is 14.6 Å². The Morgan fingerprint density at radius 1 is 1.17 bits per heavy atom. The monoisotopic (exact) mass is 417 g/mol. The summed E-state index contributed by atoms with van der Waals surface area (Å²) in [5, 5.41) is 13.3. The molecule has 0 amide bonds. The molecule has 0 heterocycles. The Balaban J connectivity index is 1.83. The molecule has 23 heavy (non-hydrogen) atoms. The minimum absolute atomic E-state index is 0.224. The van der Waals surface area contributed by atoms with E-state index in [9.17, 15) is 9.90 Å². The van der Waals surface area contributed by atoms with Crippen molar-refractivity contribution in [2.75, 3.05) is 18.5 Å². The molecule has 0 saturated carbocycles. The topological polar surface area (TPSA) is 58.6 Å². The molecule has 0 aliphatic carbocycles. The quantitative estimate of drug-likeness (QED) is 0.596. The Kier molecular flexibility index (Phi) is 6.57. The zero-order valence-corrected chi connectivity index (χ0v) is 15.1. The number of carboxylic acids is 1. The number of halogens is 3. The fourth-order valence-electron chi connectivity index (χ4n) is 1.94. The van der Waals surface area contributed by atoms with Gasteiger partial charge in [0.25, 0.3) is 0 Å². The third-order valence-corrected chi connectivity index (χ3v) is 3.88. The number of carbonyl (C=O) groups is 1. The van der Waals surface area contributed by atoms with Crippen LogP contribution in [0.1, 0.15) is 16.8 Å². The van der Waals surface area contributed by atoms with E-state index in [-0.39, 0.29) is 5.56 Å². The van der Waals surface area contributed by atoms with Gasteiger partial charge in [-0.3, -0.25) is 0 Å². The van der Waals surface area contributed by atoms with Crippen molar-refractivity contribution in [2.45, 2.75) is 6.42 Å². The van der Waals surface area contributed by atoms with Crippen LogP contribution in [0.4, 0.5) is 5.69 Å². The van der Waals surface area contributed by atoms with Crippen LogP contribution in [-0.4, -0.2) is 24.2 Å². The lowest BCUT2D eigenvalue weighted by atomic mass is 10.2. The summed E-state index contributed by atoms with van der Waals surface area (Å²) in [6, 6.07) is 10.1. The number of hydrogen-bond acceptors (Lipinski definition) is 3. The van der Waals surface area contributed by atoms with Gasteiger partial charge in [-0.15, -0.1) is 0 Å². The van der Waals surface area contributed by atoms with E-state index in [4.69, 9.17) is 27.9 Å². The van der Waals surface area contributed by atoms with Crippen molar-refractivity contribution in [1.82, 2.24) is 0 Å². The second-order valence-electron chi connectivity index (χ2n) is 4.73. The summed E-state index contributed by atoms with van der Waals surface area (Å²) in [7, 11) is 0. The molecule has 0 unspecified atom stereocenters. The van der Waals surface area contributed by atoms with Crippen LogP contribution in [0, 0.1) is 0 Å². The molecule has 0 aliphatic rings. The number of ether oxygens (including phenoxy) is 1. The molecule has 122 valence electrons. The van der Waals surface area contributed by atoms with Gasteiger partial charge in [-0.2, -0.15) is 0 Å². The molecule has 2 aromatic carbocycles. The third kappa shape index (κ3) is 5.61. The van der Waals surface area contributed by atoms with Crippen LogP contribution >= 0.6 is 39.1 Å². The molecule has 2 aromatic rings. The molecule has 0 atom stereocenters. The highest BCUT2D eigenvalue weighted by atomic mass is 79.9. The van der Waals surface area contributed by atoms with Crippen LogP contribution in [0.5, 0.6) is 5.75 Å². The van der Waals surface area contributed by atoms with Gasteiger partial charge in [0.05, 0.1) is 12.2 Å².